The van der Waals surface area contributed by atoms with Crippen molar-refractivity contribution < 1.29 is 4.79 Å². The molecule has 2 nitrogen and oxygen atoms in total. The number of hydrogen-bond acceptors (Lipinski definition) is 2. The van der Waals surface area contributed by atoms with E-state index < -0.39 is 6.04 Å². The summed E-state index contributed by atoms with van der Waals surface area (Å²) in [6, 6.07) is -0.515. The fourth-order valence-corrected chi connectivity index (χ4v) is 2.15. The van der Waals surface area contributed by atoms with Gasteiger partial charge in [-0.2, -0.15) is 0 Å². The van der Waals surface area contributed by atoms with Crippen LogP contribution in [0, 0.1) is 34.6 Å². The van der Waals surface area contributed by atoms with Crippen molar-refractivity contribution in [2.45, 2.75) is 47.1 Å². The van der Waals surface area contributed by atoms with E-state index in [0.717, 1.165) is 0 Å². The summed E-state index contributed by atoms with van der Waals surface area (Å²) in [6.07, 6.45) is 2.44. The van der Waals surface area contributed by atoms with E-state index in [2.05, 4.69) is 34.6 Å². The minimum atomic E-state index is -0.515. The van der Waals surface area contributed by atoms with E-state index in [9.17, 15) is 4.79 Å². The zero-order valence-electron chi connectivity index (χ0n) is 10.8. The maximum absolute atomic E-state index is 10.5. The van der Waals surface area contributed by atoms with Crippen LogP contribution in [0.25, 0.3) is 0 Å². The van der Waals surface area contributed by atoms with Crippen molar-refractivity contribution in [3.8, 4) is 0 Å². The molecule has 0 bridgehead atoms. The minimum Gasteiger partial charge on any atom is -0.321 e. The fourth-order valence-electron chi connectivity index (χ4n) is 2.15. The third-order valence-electron chi connectivity index (χ3n) is 3.73. The zero-order chi connectivity index (χ0) is 12.5. The smallest absolute Gasteiger partial charge is 0.217 e. The number of nitrogens with two attached hydrogens (primary N) is 1. The van der Waals surface area contributed by atoms with Gasteiger partial charge >= 0.3 is 0 Å². The molecule has 0 fully saturated rings. The standard InChI is InChI=1S/C14H20NO/c1-8-9(2)11(4)14(6-13(15)7-16)12(5)10(8)3/h13H,6,15H2,1-5H3/t13-/m0/s1. The van der Waals surface area contributed by atoms with E-state index in [1.165, 1.54) is 33.4 Å². The van der Waals surface area contributed by atoms with Crippen molar-refractivity contribution in [2.24, 2.45) is 5.73 Å². The van der Waals surface area contributed by atoms with E-state index in [1.54, 1.807) is 0 Å². The number of rotatable bonds is 3. The fraction of sp³-hybridized carbons (Fsp3) is 0.500. The Hall–Kier alpha value is -1.15. The van der Waals surface area contributed by atoms with Crippen LogP contribution in [0.5, 0.6) is 0 Å². The molecule has 0 saturated heterocycles. The SMILES string of the molecule is Cc1c(C)c(C)c(C[C@H](N)[C]=O)c(C)c1C. The highest BCUT2D eigenvalue weighted by Gasteiger charge is 2.14. The van der Waals surface area contributed by atoms with Crippen molar-refractivity contribution in [3.63, 3.8) is 0 Å². The van der Waals surface area contributed by atoms with Gasteiger partial charge in [-0.25, -0.2) is 0 Å². The predicted molar refractivity (Wildman–Crippen MR) is 67.5 cm³/mol. The molecule has 0 aromatic heterocycles. The third kappa shape index (κ3) is 2.17. The van der Waals surface area contributed by atoms with Crippen molar-refractivity contribution in [3.05, 3.63) is 33.4 Å². The van der Waals surface area contributed by atoms with Crippen molar-refractivity contribution in [2.75, 3.05) is 0 Å². The summed E-state index contributed by atoms with van der Waals surface area (Å²) in [5.41, 5.74) is 13.3. The van der Waals surface area contributed by atoms with Gasteiger partial charge in [-0.15, -0.1) is 0 Å². The van der Waals surface area contributed by atoms with Gasteiger partial charge in [0.2, 0.25) is 6.29 Å². The van der Waals surface area contributed by atoms with E-state index >= 15 is 0 Å². The van der Waals surface area contributed by atoms with Crippen LogP contribution in [-0.2, 0) is 11.2 Å². The zero-order valence-corrected chi connectivity index (χ0v) is 10.8. The topological polar surface area (TPSA) is 43.1 Å². The van der Waals surface area contributed by atoms with Crippen molar-refractivity contribution in [1.29, 1.82) is 0 Å². The molecule has 1 rings (SSSR count). The van der Waals surface area contributed by atoms with Gasteiger partial charge in [0.25, 0.3) is 0 Å². The molecule has 0 aliphatic heterocycles. The quantitative estimate of drug-likeness (QED) is 0.845. The average molecular weight is 218 g/mol. The molecule has 0 saturated carbocycles. The highest BCUT2D eigenvalue weighted by atomic mass is 16.1. The molecule has 1 aromatic carbocycles. The van der Waals surface area contributed by atoms with Crippen LogP contribution in [0.1, 0.15) is 33.4 Å². The summed E-state index contributed by atoms with van der Waals surface area (Å²) >= 11 is 0. The molecule has 0 heterocycles. The summed E-state index contributed by atoms with van der Waals surface area (Å²) in [5, 5.41) is 0. The van der Waals surface area contributed by atoms with Gasteiger partial charge < -0.3 is 5.73 Å². The van der Waals surface area contributed by atoms with Crippen molar-refractivity contribution >= 4 is 6.29 Å². The lowest BCUT2D eigenvalue weighted by Gasteiger charge is -2.19. The Balaban J connectivity index is 3.33. The second kappa shape index (κ2) is 4.79. The second-order valence-electron chi connectivity index (χ2n) is 4.53. The van der Waals surface area contributed by atoms with E-state index in [4.69, 9.17) is 5.73 Å². The molecule has 0 aliphatic carbocycles. The molecule has 1 radical (unpaired) electrons. The van der Waals surface area contributed by atoms with Crippen LogP contribution in [0.15, 0.2) is 0 Å². The third-order valence-corrected chi connectivity index (χ3v) is 3.73. The Morgan fingerprint density at radius 3 is 1.69 bits per heavy atom. The first-order chi connectivity index (χ1) is 7.40. The molecule has 1 aromatic rings. The summed E-state index contributed by atoms with van der Waals surface area (Å²) < 4.78 is 0. The Morgan fingerprint density at radius 1 is 0.938 bits per heavy atom. The molecular formula is C14H20NO. The normalized spacial score (nSPS) is 12.6. The maximum Gasteiger partial charge on any atom is 0.217 e. The molecule has 2 N–H and O–H groups in total. The van der Waals surface area contributed by atoms with Crippen LogP contribution < -0.4 is 5.73 Å². The van der Waals surface area contributed by atoms with Crippen molar-refractivity contribution in [1.82, 2.24) is 0 Å². The van der Waals surface area contributed by atoms with Crippen LogP contribution in [0.4, 0.5) is 0 Å². The molecule has 0 amide bonds. The summed E-state index contributed by atoms with van der Waals surface area (Å²) in [5.74, 6) is 0. The molecule has 1 atom stereocenters. The molecule has 0 unspecified atom stereocenters. The Bertz CT molecular complexity index is 392. The van der Waals surface area contributed by atoms with Gasteiger partial charge in [0.15, 0.2) is 0 Å². The van der Waals surface area contributed by atoms with Crippen LogP contribution in [0.2, 0.25) is 0 Å². The lowest BCUT2D eigenvalue weighted by atomic mass is 9.87. The van der Waals surface area contributed by atoms with Gasteiger partial charge in [-0.3, -0.25) is 4.79 Å². The maximum atomic E-state index is 10.5. The lowest BCUT2D eigenvalue weighted by Crippen LogP contribution is -2.25. The molecular weight excluding hydrogens is 198 g/mol. The average Bonchev–Trinajstić information content (AvgIpc) is 2.29. The first-order valence-electron chi connectivity index (χ1n) is 5.59. The van der Waals surface area contributed by atoms with E-state index in [1.807, 2.05) is 6.29 Å². The number of benzene rings is 1. The number of carbonyl (C=O) groups excluding carboxylic acids is 1. The minimum absolute atomic E-state index is 0.515. The summed E-state index contributed by atoms with van der Waals surface area (Å²) in [6.45, 7) is 10.6. The lowest BCUT2D eigenvalue weighted by molar-refractivity contribution is 0.540. The highest BCUT2D eigenvalue weighted by molar-refractivity contribution is 5.60. The molecule has 0 spiro atoms. The monoisotopic (exact) mass is 218 g/mol. The Kier molecular flexibility index (Phi) is 3.87. The van der Waals surface area contributed by atoms with Gasteiger partial charge in [0.05, 0.1) is 6.04 Å². The van der Waals surface area contributed by atoms with Crippen LogP contribution in [0.3, 0.4) is 0 Å². The summed E-state index contributed by atoms with van der Waals surface area (Å²) in [7, 11) is 0. The molecule has 2 heteroatoms. The molecule has 16 heavy (non-hydrogen) atoms. The van der Waals surface area contributed by atoms with Gasteiger partial charge in [-0.05, 0) is 74.4 Å². The van der Waals surface area contributed by atoms with E-state index in [-0.39, 0.29) is 0 Å². The van der Waals surface area contributed by atoms with Gasteiger partial charge in [-0.1, -0.05) is 0 Å². The second-order valence-corrected chi connectivity index (χ2v) is 4.53. The first-order valence-corrected chi connectivity index (χ1v) is 5.59. The number of hydrogen-bond donors (Lipinski definition) is 1. The Morgan fingerprint density at radius 2 is 1.31 bits per heavy atom. The Labute approximate surface area is 97.9 Å². The first kappa shape index (κ1) is 12.9. The van der Waals surface area contributed by atoms with E-state index in [0.29, 0.717) is 6.42 Å². The predicted octanol–water partition coefficient (Wildman–Crippen LogP) is 2.21. The van der Waals surface area contributed by atoms with Gasteiger partial charge in [0, 0.05) is 0 Å². The van der Waals surface area contributed by atoms with Gasteiger partial charge in [0.1, 0.15) is 0 Å². The van der Waals surface area contributed by atoms with Crippen LogP contribution in [-0.4, -0.2) is 12.3 Å². The highest BCUT2D eigenvalue weighted by Crippen LogP contribution is 2.26. The largest absolute Gasteiger partial charge is 0.321 e. The molecule has 87 valence electrons. The molecule has 0 aliphatic rings. The summed E-state index contributed by atoms with van der Waals surface area (Å²) in [4.78, 5) is 10.5. The van der Waals surface area contributed by atoms with Crippen LogP contribution >= 0.6 is 0 Å².